The number of rotatable bonds is 5. The molecule has 182 valence electrons. The van der Waals surface area contributed by atoms with E-state index in [4.69, 9.17) is 0 Å². The van der Waals surface area contributed by atoms with E-state index in [0.29, 0.717) is 23.1 Å². The van der Waals surface area contributed by atoms with Crippen molar-refractivity contribution in [2.45, 2.75) is 20.4 Å². The van der Waals surface area contributed by atoms with Crippen molar-refractivity contribution in [3.63, 3.8) is 0 Å². The summed E-state index contributed by atoms with van der Waals surface area (Å²) in [6.45, 7) is 7.49. The zero-order valence-corrected chi connectivity index (χ0v) is 20.4. The molecule has 2 aromatic carbocycles. The maximum absolute atomic E-state index is 14.1. The molecule has 7 nitrogen and oxygen atoms in total. The van der Waals surface area contributed by atoms with Gasteiger partial charge in [0, 0.05) is 38.1 Å². The van der Waals surface area contributed by atoms with Gasteiger partial charge in [-0.2, -0.15) is 0 Å². The Hall–Kier alpha value is -3.10. The molecule has 4 rings (SSSR count). The van der Waals surface area contributed by atoms with Crippen molar-refractivity contribution >= 4 is 40.6 Å². The zero-order valence-electron chi connectivity index (χ0n) is 19.5. The van der Waals surface area contributed by atoms with Crippen LogP contribution < -0.4 is 15.8 Å². The highest BCUT2D eigenvalue weighted by molar-refractivity contribution is 6.10. The van der Waals surface area contributed by atoms with Crippen molar-refractivity contribution in [1.82, 2.24) is 9.47 Å². The minimum Gasteiger partial charge on any atom is -0.506 e. The maximum Gasteiger partial charge on any atom is 0.267 e. The molecule has 1 amide bonds. The maximum atomic E-state index is 14.1. The molecular weight excluding hydrogens is 459 g/mol. The summed E-state index contributed by atoms with van der Waals surface area (Å²) in [7, 11) is 2.04. The van der Waals surface area contributed by atoms with E-state index in [2.05, 4.69) is 15.1 Å². The molecule has 1 aliphatic heterocycles. The molecule has 0 bridgehead atoms. The first kappa shape index (κ1) is 25.5. The van der Waals surface area contributed by atoms with Crippen molar-refractivity contribution in [1.29, 1.82) is 0 Å². The average molecular weight is 489 g/mol. The lowest BCUT2D eigenvalue weighted by Crippen LogP contribution is -2.44. The van der Waals surface area contributed by atoms with E-state index in [1.807, 2.05) is 20.9 Å². The van der Waals surface area contributed by atoms with E-state index in [1.54, 1.807) is 30.3 Å². The molecule has 2 N–H and O–H groups in total. The van der Waals surface area contributed by atoms with E-state index in [0.717, 1.165) is 26.2 Å². The summed E-state index contributed by atoms with van der Waals surface area (Å²) in [5, 5.41) is 14.0. The molecule has 1 fully saturated rings. The Morgan fingerprint density at radius 2 is 1.79 bits per heavy atom. The predicted octanol–water partition coefficient (Wildman–Crippen LogP) is 3.93. The van der Waals surface area contributed by atoms with Crippen LogP contribution in [0.4, 0.5) is 15.8 Å². The van der Waals surface area contributed by atoms with Crippen LogP contribution in [0.15, 0.2) is 47.3 Å². The number of nitrogens with one attached hydrogen (secondary N) is 1. The summed E-state index contributed by atoms with van der Waals surface area (Å²) >= 11 is 0. The van der Waals surface area contributed by atoms with Crippen molar-refractivity contribution < 1.29 is 14.3 Å². The number of benzene rings is 2. The summed E-state index contributed by atoms with van der Waals surface area (Å²) < 4.78 is 15.6. The number of hydrogen-bond acceptors (Lipinski definition) is 5. The third-order valence-electron chi connectivity index (χ3n) is 5.97. The van der Waals surface area contributed by atoms with Crippen LogP contribution >= 0.6 is 12.4 Å². The summed E-state index contributed by atoms with van der Waals surface area (Å²) in [6.07, 6.45) is 0. The van der Waals surface area contributed by atoms with Gasteiger partial charge in [0.2, 0.25) is 0 Å². The largest absolute Gasteiger partial charge is 0.506 e. The lowest BCUT2D eigenvalue weighted by molar-refractivity contribution is 0.102. The molecule has 0 unspecified atom stereocenters. The number of aromatic hydroxyl groups is 1. The zero-order chi connectivity index (χ0) is 23.7. The van der Waals surface area contributed by atoms with Gasteiger partial charge in [0.1, 0.15) is 17.1 Å². The van der Waals surface area contributed by atoms with Gasteiger partial charge in [-0.05, 0) is 43.3 Å². The molecule has 9 heteroatoms. The predicted molar refractivity (Wildman–Crippen MR) is 136 cm³/mol. The second-order valence-corrected chi connectivity index (χ2v) is 8.96. The number of piperazine rings is 1. The van der Waals surface area contributed by atoms with Crippen molar-refractivity contribution in [3.8, 4) is 5.75 Å². The minimum atomic E-state index is -0.762. The molecule has 34 heavy (non-hydrogen) atoms. The Morgan fingerprint density at radius 1 is 1.12 bits per heavy atom. The van der Waals surface area contributed by atoms with Gasteiger partial charge < -0.3 is 24.8 Å². The van der Waals surface area contributed by atoms with Crippen LogP contribution in [0, 0.1) is 11.7 Å². The molecular formula is C25H30ClFN4O3. The van der Waals surface area contributed by atoms with Crippen LogP contribution in [0.2, 0.25) is 0 Å². The number of anilines is 2. The number of para-hydroxylation sites is 1. The van der Waals surface area contributed by atoms with Gasteiger partial charge in [-0.25, -0.2) is 4.39 Å². The van der Waals surface area contributed by atoms with Crippen LogP contribution in [-0.4, -0.2) is 53.7 Å². The fourth-order valence-electron chi connectivity index (χ4n) is 4.26. The number of pyridine rings is 1. The van der Waals surface area contributed by atoms with Crippen LogP contribution in [0.3, 0.4) is 0 Å². The molecule has 1 aliphatic rings. The Balaban J connectivity index is 0.00000324. The molecule has 0 atom stereocenters. The molecule has 0 radical (unpaired) electrons. The van der Waals surface area contributed by atoms with Gasteiger partial charge in [-0.3, -0.25) is 9.59 Å². The van der Waals surface area contributed by atoms with E-state index >= 15 is 0 Å². The fraction of sp³-hybridized carbons (Fsp3) is 0.360. The first-order valence-electron chi connectivity index (χ1n) is 11.1. The molecule has 1 saturated heterocycles. The Bertz CT molecular complexity index is 1250. The van der Waals surface area contributed by atoms with Gasteiger partial charge >= 0.3 is 0 Å². The van der Waals surface area contributed by atoms with E-state index < -0.39 is 17.3 Å². The second-order valence-electron chi connectivity index (χ2n) is 8.96. The molecule has 2 heterocycles. The van der Waals surface area contributed by atoms with E-state index in [-0.39, 0.29) is 35.3 Å². The number of likely N-dealkylation sites (N-methyl/N-ethyl adjacent to an activating group) is 1. The number of fused-ring (bicyclic) bond motifs is 1. The summed E-state index contributed by atoms with van der Waals surface area (Å²) in [5.41, 5.74) is 0.597. The van der Waals surface area contributed by atoms with Gasteiger partial charge in [0.15, 0.2) is 0 Å². The van der Waals surface area contributed by atoms with Gasteiger partial charge in [0.25, 0.3) is 11.5 Å². The molecule has 0 aliphatic carbocycles. The van der Waals surface area contributed by atoms with Crippen molar-refractivity contribution in [3.05, 3.63) is 64.2 Å². The Kier molecular flexibility index (Phi) is 7.84. The van der Waals surface area contributed by atoms with E-state index in [9.17, 15) is 19.1 Å². The van der Waals surface area contributed by atoms with Gasteiger partial charge in [-0.15, -0.1) is 12.4 Å². The molecule has 0 spiro atoms. The third-order valence-corrected chi connectivity index (χ3v) is 5.97. The first-order valence-corrected chi connectivity index (χ1v) is 11.1. The number of aromatic nitrogens is 1. The van der Waals surface area contributed by atoms with E-state index in [1.165, 1.54) is 16.7 Å². The fourth-order valence-corrected chi connectivity index (χ4v) is 4.26. The Morgan fingerprint density at radius 3 is 2.47 bits per heavy atom. The van der Waals surface area contributed by atoms with Crippen molar-refractivity contribution in [2.24, 2.45) is 5.92 Å². The monoisotopic (exact) mass is 488 g/mol. The standard InChI is InChI=1S/C25H29FN4O3.ClH/c1-16(2)15-30-20-7-5-4-6-18(20)23(31)22(25(30)33)24(32)27-19-14-17(26)8-9-21(19)29-12-10-28(3)11-13-29;/h4-9,14,16,31H,10-13,15H2,1-3H3,(H,27,32);1H. The number of nitrogens with zero attached hydrogens (tertiary/aromatic N) is 3. The van der Waals surface area contributed by atoms with Crippen LogP contribution in [0.25, 0.3) is 10.9 Å². The summed E-state index contributed by atoms with van der Waals surface area (Å²) in [4.78, 5) is 30.9. The molecule has 3 aromatic rings. The lowest BCUT2D eigenvalue weighted by Gasteiger charge is -2.35. The number of halogens is 2. The topological polar surface area (TPSA) is 77.8 Å². The van der Waals surface area contributed by atoms with Gasteiger partial charge in [-0.1, -0.05) is 26.0 Å². The summed E-state index contributed by atoms with van der Waals surface area (Å²) in [5.74, 6) is -1.48. The number of hydrogen-bond donors (Lipinski definition) is 2. The van der Waals surface area contributed by atoms with Crippen LogP contribution in [-0.2, 0) is 6.54 Å². The molecule has 1 aromatic heterocycles. The Labute approximate surface area is 204 Å². The number of carbonyl (C=O) groups excluding carboxylic acids is 1. The highest BCUT2D eigenvalue weighted by Crippen LogP contribution is 2.31. The highest BCUT2D eigenvalue weighted by atomic mass is 35.5. The number of amides is 1. The minimum absolute atomic E-state index is 0. The van der Waals surface area contributed by atoms with Crippen molar-refractivity contribution in [2.75, 3.05) is 43.4 Å². The SMILES string of the molecule is CC(C)Cn1c(=O)c(C(=O)Nc2cc(F)ccc2N2CCN(C)CC2)c(O)c2ccccc21.Cl. The van der Waals surface area contributed by atoms with Crippen LogP contribution in [0.1, 0.15) is 24.2 Å². The quantitative estimate of drug-likeness (QED) is 0.569. The average Bonchev–Trinajstić information content (AvgIpc) is 2.77. The summed E-state index contributed by atoms with van der Waals surface area (Å²) in [6, 6.07) is 11.2. The number of carbonyl (C=O) groups is 1. The molecule has 0 saturated carbocycles. The lowest BCUT2D eigenvalue weighted by atomic mass is 10.1. The highest BCUT2D eigenvalue weighted by Gasteiger charge is 2.25. The van der Waals surface area contributed by atoms with Crippen LogP contribution in [0.5, 0.6) is 5.75 Å². The van der Waals surface area contributed by atoms with Gasteiger partial charge in [0.05, 0.1) is 16.9 Å². The normalized spacial score (nSPS) is 14.3. The first-order chi connectivity index (χ1) is 15.8. The smallest absolute Gasteiger partial charge is 0.267 e. The third kappa shape index (κ3) is 5.03. The second kappa shape index (κ2) is 10.4.